The Balaban J connectivity index is 3.42. The van der Waals surface area contributed by atoms with E-state index in [0.717, 1.165) is 5.56 Å². The van der Waals surface area contributed by atoms with Gasteiger partial charge in [-0.3, -0.25) is 4.79 Å². The first-order valence-electron chi connectivity index (χ1n) is 4.27. The SMILES string of the molecule is CCc1c(OC)ccc(Cl)c1C(N)=O. The molecule has 0 aliphatic heterocycles. The molecule has 0 aliphatic rings. The number of hydrogen-bond acceptors (Lipinski definition) is 2. The molecule has 76 valence electrons. The third-order valence-corrected chi connectivity index (χ3v) is 2.35. The van der Waals surface area contributed by atoms with Crippen LogP contribution in [-0.4, -0.2) is 13.0 Å². The lowest BCUT2D eigenvalue weighted by Crippen LogP contribution is -2.15. The van der Waals surface area contributed by atoms with Gasteiger partial charge in [-0.05, 0) is 18.6 Å². The van der Waals surface area contributed by atoms with Gasteiger partial charge in [0.2, 0.25) is 0 Å². The number of carbonyl (C=O) groups is 1. The zero-order valence-corrected chi connectivity index (χ0v) is 8.89. The molecule has 0 fully saturated rings. The van der Waals surface area contributed by atoms with Gasteiger partial charge in [0.25, 0.3) is 5.91 Å². The highest BCUT2D eigenvalue weighted by Gasteiger charge is 2.15. The van der Waals surface area contributed by atoms with E-state index in [2.05, 4.69) is 0 Å². The van der Waals surface area contributed by atoms with Gasteiger partial charge in [-0.2, -0.15) is 0 Å². The summed E-state index contributed by atoms with van der Waals surface area (Å²) in [7, 11) is 1.55. The largest absolute Gasteiger partial charge is 0.496 e. The Morgan fingerprint density at radius 3 is 2.64 bits per heavy atom. The summed E-state index contributed by atoms with van der Waals surface area (Å²) in [5, 5.41) is 0.371. The van der Waals surface area contributed by atoms with Crippen LogP contribution in [0, 0.1) is 0 Å². The number of halogens is 1. The number of amides is 1. The van der Waals surface area contributed by atoms with Gasteiger partial charge in [0.05, 0.1) is 17.7 Å². The molecule has 3 nitrogen and oxygen atoms in total. The van der Waals surface area contributed by atoms with Crippen molar-refractivity contribution in [2.75, 3.05) is 7.11 Å². The van der Waals surface area contributed by atoms with E-state index < -0.39 is 5.91 Å². The Bertz CT molecular complexity index is 363. The maximum Gasteiger partial charge on any atom is 0.250 e. The summed E-state index contributed by atoms with van der Waals surface area (Å²) in [6, 6.07) is 3.34. The number of hydrogen-bond donors (Lipinski definition) is 1. The van der Waals surface area contributed by atoms with Gasteiger partial charge >= 0.3 is 0 Å². The third kappa shape index (κ3) is 1.82. The fourth-order valence-corrected chi connectivity index (χ4v) is 1.68. The van der Waals surface area contributed by atoms with Crippen LogP contribution in [0.4, 0.5) is 0 Å². The lowest BCUT2D eigenvalue weighted by Gasteiger charge is -2.11. The third-order valence-electron chi connectivity index (χ3n) is 2.04. The predicted molar refractivity (Wildman–Crippen MR) is 55.9 cm³/mol. The van der Waals surface area contributed by atoms with Crippen LogP contribution in [0.15, 0.2) is 12.1 Å². The molecule has 0 atom stereocenters. The van der Waals surface area contributed by atoms with Crippen LogP contribution >= 0.6 is 11.6 Å². The Labute approximate surface area is 87.8 Å². The molecule has 0 radical (unpaired) electrons. The molecule has 4 heteroatoms. The molecule has 0 heterocycles. The van der Waals surface area contributed by atoms with E-state index in [1.54, 1.807) is 19.2 Å². The number of methoxy groups -OCH3 is 1. The maximum absolute atomic E-state index is 11.2. The van der Waals surface area contributed by atoms with Crippen LogP contribution in [0.1, 0.15) is 22.8 Å². The minimum absolute atomic E-state index is 0.355. The van der Waals surface area contributed by atoms with Crippen LogP contribution in [0.25, 0.3) is 0 Å². The maximum atomic E-state index is 11.2. The van der Waals surface area contributed by atoms with Gasteiger partial charge in [0, 0.05) is 5.56 Å². The lowest BCUT2D eigenvalue weighted by molar-refractivity contribution is 0.0999. The Hall–Kier alpha value is -1.22. The summed E-state index contributed by atoms with van der Waals surface area (Å²) in [5.41, 5.74) is 6.35. The fraction of sp³-hybridized carbons (Fsp3) is 0.300. The molecule has 0 aliphatic carbocycles. The van der Waals surface area contributed by atoms with E-state index in [-0.39, 0.29) is 0 Å². The molecule has 1 amide bonds. The second-order valence-corrected chi connectivity index (χ2v) is 3.23. The normalized spacial score (nSPS) is 9.93. The highest BCUT2D eigenvalue weighted by Crippen LogP contribution is 2.28. The van der Waals surface area contributed by atoms with Crippen LogP contribution in [0.3, 0.4) is 0 Å². The van der Waals surface area contributed by atoms with Gasteiger partial charge in [0.1, 0.15) is 5.75 Å². The van der Waals surface area contributed by atoms with Crippen molar-refractivity contribution in [3.63, 3.8) is 0 Å². The van der Waals surface area contributed by atoms with Crippen molar-refractivity contribution in [1.82, 2.24) is 0 Å². The zero-order valence-electron chi connectivity index (χ0n) is 8.13. The molecule has 1 rings (SSSR count). The van der Waals surface area contributed by atoms with Crippen LogP contribution < -0.4 is 10.5 Å². The monoisotopic (exact) mass is 213 g/mol. The van der Waals surface area contributed by atoms with Crippen LogP contribution in [0.2, 0.25) is 5.02 Å². The average molecular weight is 214 g/mol. The van der Waals surface area contributed by atoms with Crippen molar-refractivity contribution < 1.29 is 9.53 Å². The van der Waals surface area contributed by atoms with Gasteiger partial charge in [-0.25, -0.2) is 0 Å². The second kappa shape index (κ2) is 4.33. The standard InChI is InChI=1S/C10H12ClNO2/c1-3-6-8(14-2)5-4-7(11)9(6)10(12)13/h4-5H,3H2,1-2H3,(H2,12,13). The molecule has 0 spiro atoms. The van der Waals surface area contributed by atoms with E-state index in [4.69, 9.17) is 22.1 Å². The number of benzene rings is 1. The molecule has 0 aromatic heterocycles. The van der Waals surface area contributed by atoms with Crippen molar-refractivity contribution in [3.8, 4) is 5.75 Å². The van der Waals surface area contributed by atoms with Gasteiger partial charge in [0.15, 0.2) is 0 Å². The van der Waals surface area contributed by atoms with Crippen LogP contribution in [-0.2, 0) is 6.42 Å². The van der Waals surface area contributed by atoms with Crippen molar-refractivity contribution in [3.05, 3.63) is 28.3 Å². The minimum Gasteiger partial charge on any atom is -0.496 e. The van der Waals surface area contributed by atoms with Crippen molar-refractivity contribution in [1.29, 1.82) is 0 Å². The predicted octanol–water partition coefficient (Wildman–Crippen LogP) is 2.01. The Morgan fingerprint density at radius 1 is 1.57 bits per heavy atom. The summed E-state index contributed by atoms with van der Waals surface area (Å²) < 4.78 is 5.12. The molecule has 0 unspecified atom stereocenters. The number of carbonyl (C=O) groups excluding carboxylic acids is 1. The molecule has 1 aromatic carbocycles. The zero-order chi connectivity index (χ0) is 10.7. The van der Waals surface area contributed by atoms with E-state index in [1.807, 2.05) is 6.92 Å². The first-order valence-corrected chi connectivity index (χ1v) is 4.64. The molecule has 0 bridgehead atoms. The first-order chi connectivity index (χ1) is 6.61. The van der Waals surface area contributed by atoms with Crippen molar-refractivity contribution in [2.24, 2.45) is 5.73 Å². The fourth-order valence-electron chi connectivity index (χ4n) is 1.41. The highest BCUT2D eigenvalue weighted by atomic mass is 35.5. The Kier molecular flexibility index (Phi) is 3.36. The quantitative estimate of drug-likeness (QED) is 0.835. The smallest absolute Gasteiger partial charge is 0.250 e. The second-order valence-electron chi connectivity index (χ2n) is 2.82. The van der Waals surface area contributed by atoms with Gasteiger partial charge < -0.3 is 10.5 Å². The molecule has 14 heavy (non-hydrogen) atoms. The molecular formula is C10H12ClNO2. The van der Waals surface area contributed by atoms with Crippen molar-refractivity contribution in [2.45, 2.75) is 13.3 Å². The molecule has 1 aromatic rings. The molecule has 0 saturated heterocycles. The number of rotatable bonds is 3. The molecule has 2 N–H and O–H groups in total. The first kappa shape index (κ1) is 10.9. The van der Waals surface area contributed by atoms with Gasteiger partial charge in [-0.1, -0.05) is 18.5 Å². The number of nitrogens with two attached hydrogens (primary N) is 1. The summed E-state index contributed by atoms with van der Waals surface area (Å²) in [5.74, 6) is 0.122. The Morgan fingerprint density at radius 2 is 2.21 bits per heavy atom. The topological polar surface area (TPSA) is 52.3 Å². The van der Waals surface area contributed by atoms with E-state index >= 15 is 0 Å². The number of ether oxygens (including phenoxy) is 1. The lowest BCUT2D eigenvalue weighted by atomic mass is 10.0. The van der Waals surface area contributed by atoms with Crippen LogP contribution in [0.5, 0.6) is 5.75 Å². The van der Waals surface area contributed by atoms with Gasteiger partial charge in [-0.15, -0.1) is 0 Å². The average Bonchev–Trinajstić information content (AvgIpc) is 2.16. The molecule has 0 saturated carbocycles. The van der Waals surface area contributed by atoms with E-state index in [1.165, 1.54) is 0 Å². The highest BCUT2D eigenvalue weighted by molar-refractivity contribution is 6.34. The summed E-state index contributed by atoms with van der Waals surface area (Å²) in [6.07, 6.45) is 0.655. The molecular weight excluding hydrogens is 202 g/mol. The van der Waals surface area contributed by atoms with Crippen molar-refractivity contribution >= 4 is 17.5 Å². The minimum atomic E-state index is -0.522. The summed E-state index contributed by atoms with van der Waals surface area (Å²) in [4.78, 5) is 11.2. The number of primary amides is 1. The summed E-state index contributed by atoms with van der Waals surface area (Å²) in [6.45, 7) is 1.92. The van der Waals surface area contributed by atoms with E-state index in [9.17, 15) is 4.79 Å². The summed E-state index contributed by atoms with van der Waals surface area (Å²) >= 11 is 5.88. The van der Waals surface area contributed by atoms with E-state index in [0.29, 0.717) is 22.8 Å².